The van der Waals surface area contributed by atoms with Gasteiger partial charge in [-0.1, -0.05) is 6.07 Å². The predicted molar refractivity (Wildman–Crippen MR) is 68.1 cm³/mol. The molecule has 0 spiro atoms. The zero-order valence-corrected chi connectivity index (χ0v) is 11.5. The van der Waals surface area contributed by atoms with Crippen molar-refractivity contribution in [2.24, 2.45) is 0 Å². The number of nitrogens with zero attached hydrogens (tertiary/aromatic N) is 1. The number of halogens is 4. The molecule has 1 aliphatic rings. The maximum Gasteiger partial charge on any atom is 0.416 e. The molecule has 0 radical (unpaired) electrons. The van der Waals surface area contributed by atoms with E-state index < -0.39 is 23.7 Å². The molecule has 7 heteroatoms. The summed E-state index contributed by atoms with van der Waals surface area (Å²) in [6.07, 6.45) is -5.00. The van der Waals surface area contributed by atoms with E-state index in [0.717, 1.165) is 12.1 Å². The normalized spacial score (nSPS) is 24.3. The fourth-order valence-electron chi connectivity index (χ4n) is 2.38. The van der Waals surface area contributed by atoms with E-state index in [0.29, 0.717) is 19.2 Å². The monoisotopic (exact) mass is 307 g/mol. The number of alkyl halides is 3. The molecule has 1 fully saturated rings. The van der Waals surface area contributed by atoms with Gasteiger partial charge in [0.05, 0.1) is 24.9 Å². The topological polar surface area (TPSA) is 32.7 Å². The van der Waals surface area contributed by atoms with Crippen LogP contribution in [0.25, 0.3) is 0 Å². The van der Waals surface area contributed by atoms with Crippen molar-refractivity contribution in [3.63, 3.8) is 0 Å². The first-order valence-electron chi connectivity index (χ1n) is 6.63. The van der Waals surface area contributed by atoms with Gasteiger partial charge in [0.2, 0.25) is 0 Å². The first kappa shape index (κ1) is 16.2. The molecule has 1 heterocycles. The Morgan fingerprint density at radius 1 is 1.38 bits per heavy atom. The molecule has 3 nitrogen and oxygen atoms in total. The maximum atomic E-state index is 13.1. The van der Waals surface area contributed by atoms with Crippen LogP contribution in [0.15, 0.2) is 18.2 Å². The fraction of sp³-hybridized carbons (Fsp3) is 0.571. The number of hydrogen-bond acceptors (Lipinski definition) is 3. The Balaban J connectivity index is 2.22. The van der Waals surface area contributed by atoms with Gasteiger partial charge in [-0.3, -0.25) is 4.90 Å². The lowest BCUT2D eigenvalue weighted by atomic mass is 10.0. The van der Waals surface area contributed by atoms with Crippen LogP contribution in [0.1, 0.15) is 18.1 Å². The number of morpholine rings is 1. The minimum atomic E-state index is -4.59. The van der Waals surface area contributed by atoms with Gasteiger partial charge in [-0.25, -0.2) is 4.39 Å². The SMILES string of the molecule is CC1COC(CO)CN1Cc1ccc(F)cc1C(F)(F)F. The van der Waals surface area contributed by atoms with Crippen molar-refractivity contribution < 1.29 is 27.4 Å². The summed E-state index contributed by atoms with van der Waals surface area (Å²) in [5.41, 5.74) is -0.934. The lowest BCUT2D eigenvalue weighted by Crippen LogP contribution is -2.49. The second kappa shape index (κ2) is 6.29. The van der Waals surface area contributed by atoms with Crippen LogP contribution >= 0.6 is 0 Å². The summed E-state index contributed by atoms with van der Waals surface area (Å²) in [7, 11) is 0. The number of hydrogen-bond donors (Lipinski definition) is 1. The molecule has 2 atom stereocenters. The minimum Gasteiger partial charge on any atom is -0.394 e. The van der Waals surface area contributed by atoms with E-state index >= 15 is 0 Å². The molecule has 0 amide bonds. The summed E-state index contributed by atoms with van der Waals surface area (Å²) < 4.78 is 57.4. The highest BCUT2D eigenvalue weighted by Crippen LogP contribution is 2.33. The van der Waals surface area contributed by atoms with Gasteiger partial charge in [-0.15, -0.1) is 0 Å². The molecule has 0 aliphatic carbocycles. The van der Waals surface area contributed by atoms with E-state index in [2.05, 4.69) is 0 Å². The average Bonchev–Trinajstić information content (AvgIpc) is 2.42. The highest BCUT2D eigenvalue weighted by Gasteiger charge is 2.35. The Morgan fingerprint density at radius 3 is 2.71 bits per heavy atom. The van der Waals surface area contributed by atoms with Crippen LogP contribution < -0.4 is 0 Å². The molecular formula is C14H17F4NO2. The molecule has 1 aromatic rings. The third-order valence-corrected chi connectivity index (χ3v) is 3.59. The smallest absolute Gasteiger partial charge is 0.394 e. The molecule has 1 aliphatic heterocycles. The van der Waals surface area contributed by atoms with Crippen molar-refractivity contribution >= 4 is 0 Å². The number of aliphatic hydroxyl groups excluding tert-OH is 1. The second-order valence-corrected chi connectivity index (χ2v) is 5.22. The molecular weight excluding hydrogens is 290 g/mol. The summed E-state index contributed by atoms with van der Waals surface area (Å²) in [5.74, 6) is -0.908. The summed E-state index contributed by atoms with van der Waals surface area (Å²) in [6, 6.07) is 2.64. The number of aliphatic hydroxyl groups is 1. The van der Waals surface area contributed by atoms with E-state index in [4.69, 9.17) is 9.84 Å². The fourth-order valence-corrected chi connectivity index (χ4v) is 2.38. The first-order valence-corrected chi connectivity index (χ1v) is 6.63. The first-order chi connectivity index (χ1) is 9.81. The Bertz CT molecular complexity index is 492. The predicted octanol–water partition coefficient (Wildman–Crippen LogP) is 2.43. The Labute approximate surface area is 120 Å². The van der Waals surface area contributed by atoms with Gasteiger partial charge in [-0.05, 0) is 24.6 Å². The molecule has 1 aromatic carbocycles. The van der Waals surface area contributed by atoms with E-state index in [1.165, 1.54) is 0 Å². The van der Waals surface area contributed by atoms with E-state index in [9.17, 15) is 17.6 Å². The van der Waals surface area contributed by atoms with Crippen molar-refractivity contribution in [1.29, 1.82) is 0 Å². The van der Waals surface area contributed by atoms with Crippen LogP contribution in [-0.2, 0) is 17.5 Å². The zero-order valence-electron chi connectivity index (χ0n) is 11.5. The van der Waals surface area contributed by atoms with Crippen LogP contribution in [0.3, 0.4) is 0 Å². The quantitative estimate of drug-likeness (QED) is 0.871. The van der Waals surface area contributed by atoms with Crippen molar-refractivity contribution in [1.82, 2.24) is 4.90 Å². The molecule has 118 valence electrons. The van der Waals surface area contributed by atoms with E-state index in [1.807, 2.05) is 6.92 Å². The van der Waals surface area contributed by atoms with Gasteiger partial charge in [0.25, 0.3) is 0 Å². The molecule has 2 rings (SSSR count). The zero-order chi connectivity index (χ0) is 15.6. The molecule has 0 bridgehead atoms. The summed E-state index contributed by atoms with van der Waals surface area (Å²) in [4.78, 5) is 1.80. The maximum absolute atomic E-state index is 13.1. The third kappa shape index (κ3) is 3.93. The standard InChI is InChI=1S/C14H17F4NO2/c1-9-8-21-12(7-20)6-19(9)5-10-2-3-11(15)4-13(10)14(16,17)18/h2-4,9,12,20H,5-8H2,1H3. The van der Waals surface area contributed by atoms with Gasteiger partial charge < -0.3 is 9.84 Å². The van der Waals surface area contributed by atoms with Gasteiger partial charge >= 0.3 is 6.18 Å². The van der Waals surface area contributed by atoms with Crippen molar-refractivity contribution in [2.75, 3.05) is 19.8 Å². The Kier molecular flexibility index (Phi) is 4.85. The largest absolute Gasteiger partial charge is 0.416 e. The van der Waals surface area contributed by atoms with Crippen molar-refractivity contribution in [3.8, 4) is 0 Å². The van der Waals surface area contributed by atoms with Crippen molar-refractivity contribution in [2.45, 2.75) is 31.8 Å². The lowest BCUT2D eigenvalue weighted by molar-refractivity contribution is -0.139. The highest BCUT2D eigenvalue weighted by atomic mass is 19.4. The van der Waals surface area contributed by atoms with E-state index in [1.54, 1.807) is 4.90 Å². The third-order valence-electron chi connectivity index (χ3n) is 3.59. The molecule has 1 N–H and O–H groups in total. The summed E-state index contributed by atoms with van der Waals surface area (Å²) >= 11 is 0. The van der Waals surface area contributed by atoms with Crippen LogP contribution in [0.4, 0.5) is 17.6 Å². The summed E-state index contributed by atoms with van der Waals surface area (Å²) in [5, 5.41) is 9.10. The molecule has 0 saturated carbocycles. The molecule has 21 heavy (non-hydrogen) atoms. The van der Waals surface area contributed by atoms with Crippen LogP contribution in [0, 0.1) is 5.82 Å². The minimum absolute atomic E-state index is 0.0225. The number of rotatable bonds is 3. The Hall–Kier alpha value is -1.18. The van der Waals surface area contributed by atoms with Gasteiger partial charge in [0.1, 0.15) is 5.82 Å². The summed E-state index contributed by atoms with van der Waals surface area (Å²) in [6.45, 7) is 2.37. The lowest BCUT2D eigenvalue weighted by Gasteiger charge is -2.37. The van der Waals surface area contributed by atoms with Crippen LogP contribution in [0.2, 0.25) is 0 Å². The molecule has 1 saturated heterocycles. The van der Waals surface area contributed by atoms with Crippen LogP contribution in [-0.4, -0.2) is 41.9 Å². The average molecular weight is 307 g/mol. The number of ether oxygens (including phenoxy) is 1. The van der Waals surface area contributed by atoms with Crippen LogP contribution in [0.5, 0.6) is 0 Å². The second-order valence-electron chi connectivity index (χ2n) is 5.22. The van der Waals surface area contributed by atoms with E-state index in [-0.39, 0.29) is 24.8 Å². The highest BCUT2D eigenvalue weighted by molar-refractivity contribution is 5.30. The van der Waals surface area contributed by atoms with Crippen molar-refractivity contribution in [3.05, 3.63) is 35.1 Å². The molecule has 2 unspecified atom stereocenters. The number of benzene rings is 1. The van der Waals surface area contributed by atoms with Gasteiger partial charge in [0.15, 0.2) is 0 Å². The Morgan fingerprint density at radius 2 is 2.10 bits per heavy atom. The van der Waals surface area contributed by atoms with Gasteiger partial charge in [0, 0.05) is 19.1 Å². The van der Waals surface area contributed by atoms with Gasteiger partial charge in [-0.2, -0.15) is 13.2 Å². The molecule has 0 aromatic heterocycles.